The van der Waals surface area contributed by atoms with Gasteiger partial charge in [0, 0.05) is 49.4 Å². The highest BCUT2D eigenvalue weighted by molar-refractivity contribution is 7.89. The van der Waals surface area contributed by atoms with Gasteiger partial charge in [-0.15, -0.1) is 0 Å². The second-order valence-electron chi connectivity index (χ2n) is 9.92. The van der Waals surface area contributed by atoms with E-state index in [1.54, 1.807) is 4.90 Å². The third kappa shape index (κ3) is 8.25. The van der Waals surface area contributed by atoms with E-state index < -0.39 is 57.1 Å². The first-order valence-electron chi connectivity index (χ1n) is 12.7. The Bertz CT molecular complexity index is 1210. The molecule has 40 heavy (non-hydrogen) atoms. The number of hydrogen-bond acceptors (Lipinski definition) is 7. The lowest BCUT2D eigenvalue weighted by molar-refractivity contribution is -0.134. The normalized spacial score (nSPS) is 23.9. The van der Waals surface area contributed by atoms with Gasteiger partial charge in [0.1, 0.15) is 11.6 Å². The molecule has 4 rings (SSSR count). The number of carboxylic acid groups (broad SMARTS) is 2. The number of aliphatic carboxylic acids is 2. The Morgan fingerprint density at radius 2 is 1.50 bits per heavy atom. The molecular formula is C25H32F3N3O8S. The molecule has 2 bridgehead atoms. The van der Waals surface area contributed by atoms with Crippen molar-refractivity contribution in [3.8, 4) is 0 Å². The van der Waals surface area contributed by atoms with Crippen LogP contribution < -0.4 is 5.73 Å². The molecule has 3 aliphatic heterocycles. The molecular weight excluding hydrogens is 559 g/mol. The molecule has 0 aliphatic carbocycles. The summed E-state index contributed by atoms with van der Waals surface area (Å²) in [5.74, 6) is -6.69. The summed E-state index contributed by atoms with van der Waals surface area (Å²) < 4.78 is 72.5. The summed E-state index contributed by atoms with van der Waals surface area (Å²) in [4.78, 5) is 33.7. The van der Waals surface area contributed by atoms with Crippen LogP contribution in [0.1, 0.15) is 31.2 Å². The molecule has 11 nitrogen and oxygen atoms in total. The van der Waals surface area contributed by atoms with Gasteiger partial charge in [0.05, 0.1) is 13.2 Å². The van der Waals surface area contributed by atoms with Gasteiger partial charge in [-0.3, -0.25) is 4.79 Å². The number of piperidine rings is 1. The number of fused-ring (bicyclic) bond motifs is 2. The van der Waals surface area contributed by atoms with Crippen LogP contribution in [0.15, 0.2) is 24.3 Å². The summed E-state index contributed by atoms with van der Waals surface area (Å²) in [6, 6.07) is 0.650. The molecule has 3 fully saturated rings. The van der Waals surface area contributed by atoms with E-state index in [-0.39, 0.29) is 43.1 Å². The van der Waals surface area contributed by atoms with E-state index in [0.29, 0.717) is 44.3 Å². The zero-order valence-electron chi connectivity index (χ0n) is 21.5. The molecule has 1 aromatic carbocycles. The molecule has 3 saturated heterocycles. The standard InChI is InChI=1S/C21H28F3N3O4S.C4H4O4/c22-17-11-19(24)18(23)9-13(17)10-20(25)14-7-15-1-2-16(8-14)27(15)21(28)12-32(29,30)26-3-5-31-6-4-26;5-3(6)1-2-4(7)8/h9,11,14-16,20H,1-8,10,12,25H2;1-2H,(H,5,6)(H,7,8)/b;2-1-/t14-,15-,16+,20-;/m1./s1. The Kier molecular flexibility index (Phi) is 10.7. The first kappa shape index (κ1) is 31.5. The third-order valence-electron chi connectivity index (χ3n) is 7.25. The topological polar surface area (TPSA) is 168 Å². The summed E-state index contributed by atoms with van der Waals surface area (Å²) in [5.41, 5.74) is 6.34. The van der Waals surface area contributed by atoms with E-state index in [2.05, 4.69) is 0 Å². The minimum Gasteiger partial charge on any atom is -0.478 e. The third-order valence-corrected chi connectivity index (χ3v) is 9.01. The number of halogens is 3. The highest BCUT2D eigenvalue weighted by atomic mass is 32.2. The van der Waals surface area contributed by atoms with Crippen molar-refractivity contribution in [2.24, 2.45) is 11.7 Å². The fraction of sp³-hybridized carbons (Fsp3) is 0.560. The second kappa shape index (κ2) is 13.6. The molecule has 1 aromatic rings. The number of benzene rings is 1. The van der Waals surface area contributed by atoms with Crippen molar-refractivity contribution < 1.29 is 50.9 Å². The Morgan fingerprint density at radius 1 is 0.975 bits per heavy atom. The van der Waals surface area contributed by atoms with Crippen molar-refractivity contribution in [3.05, 3.63) is 47.3 Å². The smallest absolute Gasteiger partial charge is 0.328 e. The number of amides is 1. The second-order valence-corrected chi connectivity index (χ2v) is 11.9. The van der Waals surface area contributed by atoms with Gasteiger partial charge in [-0.25, -0.2) is 31.2 Å². The van der Waals surface area contributed by atoms with Crippen molar-refractivity contribution >= 4 is 27.9 Å². The number of nitrogens with zero attached hydrogens (tertiary/aromatic N) is 2. The maximum absolute atomic E-state index is 14.0. The highest BCUT2D eigenvalue weighted by Gasteiger charge is 2.45. The summed E-state index contributed by atoms with van der Waals surface area (Å²) >= 11 is 0. The van der Waals surface area contributed by atoms with Crippen LogP contribution in [0.25, 0.3) is 0 Å². The number of rotatable bonds is 8. The molecule has 0 spiro atoms. The first-order chi connectivity index (χ1) is 18.8. The van der Waals surface area contributed by atoms with E-state index in [1.807, 2.05) is 0 Å². The fourth-order valence-electron chi connectivity index (χ4n) is 5.41. The van der Waals surface area contributed by atoms with Crippen LogP contribution in [-0.4, -0.2) is 95.9 Å². The zero-order valence-corrected chi connectivity index (χ0v) is 22.4. The monoisotopic (exact) mass is 591 g/mol. The largest absolute Gasteiger partial charge is 0.478 e. The highest BCUT2D eigenvalue weighted by Crippen LogP contribution is 2.40. The molecule has 0 radical (unpaired) electrons. The van der Waals surface area contributed by atoms with Crippen molar-refractivity contribution in [1.82, 2.24) is 9.21 Å². The molecule has 0 aromatic heterocycles. The number of nitrogens with two attached hydrogens (primary N) is 1. The van der Waals surface area contributed by atoms with Crippen molar-refractivity contribution in [2.75, 3.05) is 32.1 Å². The van der Waals surface area contributed by atoms with Gasteiger partial charge in [-0.1, -0.05) is 0 Å². The van der Waals surface area contributed by atoms with Crippen LogP contribution in [0.4, 0.5) is 13.2 Å². The number of carbonyl (C=O) groups excluding carboxylic acids is 1. The molecule has 3 heterocycles. The molecule has 0 unspecified atom stereocenters. The van der Waals surface area contributed by atoms with Crippen LogP contribution in [0.2, 0.25) is 0 Å². The Balaban J connectivity index is 0.000000482. The zero-order chi connectivity index (χ0) is 29.6. The van der Waals surface area contributed by atoms with Gasteiger partial charge >= 0.3 is 11.9 Å². The Labute approximate surface area is 229 Å². The molecule has 4 N–H and O–H groups in total. The van der Waals surface area contributed by atoms with E-state index in [4.69, 9.17) is 20.7 Å². The molecule has 15 heteroatoms. The lowest BCUT2D eigenvalue weighted by Gasteiger charge is -2.41. The lowest BCUT2D eigenvalue weighted by Crippen LogP contribution is -2.53. The van der Waals surface area contributed by atoms with Gasteiger partial charge in [-0.2, -0.15) is 4.31 Å². The predicted molar refractivity (Wildman–Crippen MR) is 135 cm³/mol. The number of carboxylic acids is 2. The number of carbonyl (C=O) groups is 3. The van der Waals surface area contributed by atoms with E-state index in [9.17, 15) is 36.0 Å². The SMILES string of the molecule is N[C@H](Cc1cc(F)c(F)cc1F)[C@@H]1C[C@H]2CC[C@@H](C1)N2C(=O)CS(=O)(=O)N1CCOCC1.O=C(O)/C=C\C(=O)O. The van der Waals surface area contributed by atoms with E-state index >= 15 is 0 Å². The van der Waals surface area contributed by atoms with Crippen LogP contribution in [0.3, 0.4) is 0 Å². The Hall–Kier alpha value is -3.01. The fourth-order valence-corrected chi connectivity index (χ4v) is 6.76. The van der Waals surface area contributed by atoms with E-state index in [0.717, 1.165) is 18.9 Å². The molecule has 222 valence electrons. The molecule has 4 atom stereocenters. The summed E-state index contributed by atoms with van der Waals surface area (Å²) in [6.45, 7) is 1.14. The minimum atomic E-state index is -3.70. The summed E-state index contributed by atoms with van der Waals surface area (Å²) in [7, 11) is -3.70. The van der Waals surface area contributed by atoms with Crippen LogP contribution >= 0.6 is 0 Å². The van der Waals surface area contributed by atoms with Crippen LogP contribution in [0, 0.1) is 23.4 Å². The van der Waals surface area contributed by atoms with Crippen LogP contribution in [-0.2, 0) is 35.6 Å². The molecule has 1 amide bonds. The average molecular weight is 592 g/mol. The quantitative estimate of drug-likeness (QED) is 0.296. The molecule has 0 saturated carbocycles. The van der Waals surface area contributed by atoms with Gasteiger partial charge in [0.25, 0.3) is 0 Å². The summed E-state index contributed by atoms with van der Waals surface area (Å²) in [5, 5.41) is 15.6. The van der Waals surface area contributed by atoms with Crippen LogP contribution in [0.5, 0.6) is 0 Å². The number of ether oxygens (including phenoxy) is 1. The van der Waals surface area contributed by atoms with Gasteiger partial charge < -0.3 is 25.6 Å². The van der Waals surface area contributed by atoms with Gasteiger partial charge in [0.15, 0.2) is 11.6 Å². The maximum Gasteiger partial charge on any atom is 0.328 e. The number of morpholine rings is 1. The average Bonchev–Trinajstić information content (AvgIpc) is 3.16. The summed E-state index contributed by atoms with van der Waals surface area (Å²) in [6.07, 6.45) is 3.85. The maximum atomic E-state index is 14.0. The first-order valence-corrected chi connectivity index (χ1v) is 14.3. The van der Waals surface area contributed by atoms with Crippen molar-refractivity contribution in [1.29, 1.82) is 0 Å². The van der Waals surface area contributed by atoms with Crippen molar-refractivity contribution in [2.45, 2.75) is 50.2 Å². The van der Waals surface area contributed by atoms with Crippen molar-refractivity contribution in [3.63, 3.8) is 0 Å². The lowest BCUT2D eigenvalue weighted by atomic mass is 9.82. The predicted octanol–water partition coefficient (Wildman–Crippen LogP) is 1.12. The number of sulfonamides is 1. The Morgan fingerprint density at radius 3 is 2.02 bits per heavy atom. The van der Waals surface area contributed by atoms with Gasteiger partial charge in [-0.05, 0) is 49.7 Å². The van der Waals surface area contributed by atoms with Gasteiger partial charge in [0.2, 0.25) is 15.9 Å². The molecule has 3 aliphatic rings. The van der Waals surface area contributed by atoms with E-state index in [1.165, 1.54) is 4.31 Å². The minimum absolute atomic E-state index is 0.0267. The number of hydrogen-bond donors (Lipinski definition) is 3.